The maximum absolute atomic E-state index is 13.2. The second-order valence-electron chi connectivity index (χ2n) is 4.28. The van der Waals surface area contributed by atoms with Crippen molar-refractivity contribution in [1.82, 2.24) is 5.32 Å². The number of hydrogen-bond donors (Lipinski definition) is 2. The maximum Gasteiger partial charge on any atom is 0.137 e. The predicted octanol–water partition coefficient (Wildman–Crippen LogP) is 3.23. The highest BCUT2D eigenvalue weighted by Gasteiger charge is 2.21. The fraction of sp³-hybridized carbons (Fsp3) is 0.538. The molecule has 0 aliphatic rings. The second-order valence-corrected chi connectivity index (χ2v) is 5.14. The van der Waals surface area contributed by atoms with Crippen molar-refractivity contribution in [3.05, 3.63) is 34.1 Å². The number of aliphatic hydroxyl groups is 1. The number of hydrogen-bond acceptors (Lipinski definition) is 2. The van der Waals surface area contributed by atoms with Gasteiger partial charge >= 0.3 is 0 Å². The molecule has 0 heterocycles. The molecular weight excluding hydrogens is 285 g/mol. The summed E-state index contributed by atoms with van der Waals surface area (Å²) in [4.78, 5) is 0. The van der Waals surface area contributed by atoms with E-state index in [1.807, 2.05) is 19.9 Å². The molecule has 0 fully saturated rings. The third-order valence-corrected chi connectivity index (χ3v) is 3.73. The zero-order valence-electron chi connectivity index (χ0n) is 10.3. The lowest BCUT2D eigenvalue weighted by molar-refractivity contribution is 0.0323. The van der Waals surface area contributed by atoms with Crippen LogP contribution in [0.4, 0.5) is 4.39 Å². The molecule has 0 radical (unpaired) electrons. The minimum absolute atomic E-state index is 0.259. The molecule has 96 valence electrons. The first-order valence-electron chi connectivity index (χ1n) is 5.88. The van der Waals surface area contributed by atoms with Gasteiger partial charge in [-0.05, 0) is 46.5 Å². The van der Waals surface area contributed by atoms with E-state index in [0.29, 0.717) is 30.4 Å². The summed E-state index contributed by atoms with van der Waals surface area (Å²) in [5.41, 5.74) is 0.216. The topological polar surface area (TPSA) is 32.3 Å². The Balaban J connectivity index is 2.48. The monoisotopic (exact) mass is 303 g/mol. The first-order chi connectivity index (χ1) is 8.00. The third-order valence-electron chi connectivity index (χ3n) is 3.08. The van der Waals surface area contributed by atoms with E-state index in [0.717, 1.165) is 5.56 Å². The molecule has 1 aromatic rings. The van der Waals surface area contributed by atoms with Crippen LogP contribution in [0.2, 0.25) is 0 Å². The van der Waals surface area contributed by atoms with E-state index in [9.17, 15) is 9.50 Å². The zero-order chi connectivity index (χ0) is 12.9. The molecule has 0 amide bonds. The molecule has 0 saturated carbocycles. The highest BCUT2D eigenvalue weighted by atomic mass is 79.9. The second kappa shape index (κ2) is 6.47. The van der Waals surface area contributed by atoms with Crippen LogP contribution in [0.1, 0.15) is 32.3 Å². The smallest absolute Gasteiger partial charge is 0.137 e. The largest absolute Gasteiger partial charge is 0.389 e. The van der Waals surface area contributed by atoms with Crippen LogP contribution in [-0.2, 0) is 6.54 Å². The lowest BCUT2D eigenvalue weighted by Crippen LogP contribution is -2.39. The summed E-state index contributed by atoms with van der Waals surface area (Å²) >= 11 is 3.12. The van der Waals surface area contributed by atoms with Crippen LogP contribution in [0, 0.1) is 5.82 Å². The van der Waals surface area contributed by atoms with Crippen LogP contribution in [0.3, 0.4) is 0 Å². The van der Waals surface area contributed by atoms with E-state index in [1.165, 1.54) is 6.07 Å². The molecule has 0 spiro atoms. The van der Waals surface area contributed by atoms with Gasteiger partial charge in [-0.15, -0.1) is 0 Å². The lowest BCUT2D eigenvalue weighted by Gasteiger charge is -2.25. The first kappa shape index (κ1) is 14.6. The maximum atomic E-state index is 13.2. The van der Waals surface area contributed by atoms with E-state index in [-0.39, 0.29) is 5.82 Å². The van der Waals surface area contributed by atoms with Gasteiger partial charge in [0.2, 0.25) is 0 Å². The first-order valence-corrected chi connectivity index (χ1v) is 6.67. The Labute approximate surface area is 110 Å². The zero-order valence-corrected chi connectivity index (χ0v) is 11.8. The van der Waals surface area contributed by atoms with Gasteiger partial charge in [0.1, 0.15) is 5.82 Å². The van der Waals surface area contributed by atoms with Gasteiger partial charge in [0.25, 0.3) is 0 Å². The van der Waals surface area contributed by atoms with Gasteiger partial charge in [-0.1, -0.05) is 19.9 Å². The van der Waals surface area contributed by atoms with Crippen LogP contribution in [-0.4, -0.2) is 17.3 Å². The van der Waals surface area contributed by atoms with Gasteiger partial charge < -0.3 is 10.4 Å². The molecule has 0 bridgehead atoms. The molecule has 4 heteroatoms. The quantitative estimate of drug-likeness (QED) is 0.846. The van der Waals surface area contributed by atoms with Gasteiger partial charge in [0.05, 0.1) is 10.1 Å². The Morgan fingerprint density at radius 3 is 2.53 bits per heavy atom. The number of halogens is 2. The van der Waals surface area contributed by atoms with Crippen molar-refractivity contribution in [3.8, 4) is 0 Å². The Hall–Kier alpha value is -0.450. The van der Waals surface area contributed by atoms with Crippen molar-refractivity contribution < 1.29 is 9.50 Å². The van der Waals surface area contributed by atoms with Gasteiger partial charge in [0, 0.05) is 13.1 Å². The number of nitrogens with one attached hydrogen (secondary N) is 1. The minimum Gasteiger partial charge on any atom is -0.389 e. The van der Waals surface area contributed by atoms with Crippen LogP contribution in [0.15, 0.2) is 22.7 Å². The summed E-state index contributed by atoms with van der Waals surface area (Å²) in [6.45, 7) is 5.01. The van der Waals surface area contributed by atoms with Crippen molar-refractivity contribution in [3.63, 3.8) is 0 Å². The van der Waals surface area contributed by atoms with Crippen molar-refractivity contribution in [1.29, 1.82) is 0 Å². The van der Waals surface area contributed by atoms with Crippen LogP contribution < -0.4 is 5.32 Å². The molecule has 0 aromatic heterocycles. The lowest BCUT2D eigenvalue weighted by atomic mass is 9.97. The van der Waals surface area contributed by atoms with Gasteiger partial charge in [0.15, 0.2) is 0 Å². The SMILES string of the molecule is CCC(O)(CC)CNCc1ccc(Br)c(F)c1. The van der Waals surface area contributed by atoms with E-state index in [4.69, 9.17) is 0 Å². The molecule has 2 nitrogen and oxygen atoms in total. The van der Waals surface area contributed by atoms with E-state index in [2.05, 4.69) is 21.2 Å². The fourth-order valence-corrected chi connectivity index (χ4v) is 1.84. The molecule has 0 unspecified atom stereocenters. The van der Waals surface area contributed by atoms with Crippen molar-refractivity contribution in [2.24, 2.45) is 0 Å². The summed E-state index contributed by atoms with van der Waals surface area (Å²) in [6.07, 6.45) is 1.43. The molecular formula is C13H19BrFNO. The molecule has 0 saturated heterocycles. The number of benzene rings is 1. The average Bonchev–Trinajstić information content (AvgIpc) is 2.33. The summed E-state index contributed by atoms with van der Waals surface area (Å²) in [6, 6.07) is 5.04. The summed E-state index contributed by atoms with van der Waals surface area (Å²) in [5.74, 6) is -0.259. The Morgan fingerprint density at radius 2 is 2.00 bits per heavy atom. The Kier molecular flexibility index (Phi) is 5.56. The van der Waals surface area contributed by atoms with Crippen LogP contribution in [0.5, 0.6) is 0 Å². The van der Waals surface area contributed by atoms with Crippen LogP contribution in [0.25, 0.3) is 0 Å². The van der Waals surface area contributed by atoms with E-state index >= 15 is 0 Å². The third kappa shape index (κ3) is 4.37. The Bertz CT molecular complexity index is 366. The highest BCUT2D eigenvalue weighted by Crippen LogP contribution is 2.17. The molecule has 0 aliphatic carbocycles. The molecule has 1 rings (SSSR count). The minimum atomic E-state index is -0.659. The molecule has 0 atom stereocenters. The van der Waals surface area contributed by atoms with Crippen LogP contribution >= 0.6 is 15.9 Å². The van der Waals surface area contributed by atoms with Crippen molar-refractivity contribution in [2.75, 3.05) is 6.54 Å². The summed E-state index contributed by atoms with van der Waals surface area (Å²) < 4.78 is 13.7. The summed E-state index contributed by atoms with van der Waals surface area (Å²) in [7, 11) is 0. The van der Waals surface area contributed by atoms with E-state index < -0.39 is 5.60 Å². The fourth-order valence-electron chi connectivity index (χ4n) is 1.59. The molecule has 1 aromatic carbocycles. The van der Waals surface area contributed by atoms with E-state index in [1.54, 1.807) is 6.07 Å². The normalized spacial score (nSPS) is 11.8. The molecule has 0 aliphatic heterocycles. The van der Waals surface area contributed by atoms with Gasteiger partial charge in [-0.3, -0.25) is 0 Å². The predicted molar refractivity (Wildman–Crippen MR) is 71.3 cm³/mol. The average molecular weight is 304 g/mol. The molecule has 2 N–H and O–H groups in total. The Morgan fingerprint density at radius 1 is 1.35 bits per heavy atom. The van der Waals surface area contributed by atoms with Gasteiger partial charge in [-0.25, -0.2) is 4.39 Å². The van der Waals surface area contributed by atoms with Crippen molar-refractivity contribution >= 4 is 15.9 Å². The highest BCUT2D eigenvalue weighted by molar-refractivity contribution is 9.10. The standard InChI is InChI=1S/C13H19BrFNO/c1-3-13(17,4-2)9-16-8-10-5-6-11(14)12(15)7-10/h5-7,16-17H,3-4,8-9H2,1-2H3. The molecule has 17 heavy (non-hydrogen) atoms. The van der Waals surface area contributed by atoms with Gasteiger partial charge in [-0.2, -0.15) is 0 Å². The van der Waals surface area contributed by atoms with Crippen molar-refractivity contribution in [2.45, 2.75) is 38.8 Å². The number of rotatable bonds is 6. The summed E-state index contributed by atoms with van der Waals surface area (Å²) in [5, 5.41) is 13.2.